The second-order valence-electron chi connectivity index (χ2n) is 6.26. The lowest BCUT2D eigenvalue weighted by atomic mass is 9.95. The van der Waals surface area contributed by atoms with Crippen molar-refractivity contribution in [1.29, 1.82) is 0 Å². The van der Waals surface area contributed by atoms with Gasteiger partial charge >= 0.3 is 6.03 Å². The number of halogens is 2. The van der Waals surface area contributed by atoms with E-state index in [1.165, 1.54) is 0 Å². The van der Waals surface area contributed by atoms with Crippen molar-refractivity contribution in [3.8, 4) is 11.5 Å². The van der Waals surface area contributed by atoms with Gasteiger partial charge in [-0.1, -0.05) is 35.3 Å². The monoisotopic (exact) mass is 394 g/mol. The fourth-order valence-electron chi connectivity index (χ4n) is 2.90. The van der Waals surface area contributed by atoms with Gasteiger partial charge in [-0.15, -0.1) is 0 Å². The number of rotatable bonds is 6. The summed E-state index contributed by atoms with van der Waals surface area (Å²) in [6, 6.07) is 10.7. The average Bonchev–Trinajstić information content (AvgIpc) is 3.44. The molecule has 26 heavy (non-hydrogen) atoms. The fourth-order valence-corrected chi connectivity index (χ4v) is 3.25. The molecule has 0 unspecified atom stereocenters. The molecule has 1 aliphatic rings. The van der Waals surface area contributed by atoms with E-state index in [9.17, 15) is 4.79 Å². The third-order valence-electron chi connectivity index (χ3n) is 4.64. The average molecular weight is 395 g/mol. The maximum Gasteiger partial charge on any atom is 0.319 e. The number of carbonyl (C=O) groups is 1. The number of amides is 2. The Morgan fingerprint density at radius 2 is 1.85 bits per heavy atom. The van der Waals surface area contributed by atoms with Gasteiger partial charge in [0.2, 0.25) is 0 Å². The molecule has 2 aromatic carbocycles. The Hall–Kier alpha value is -2.11. The highest BCUT2D eigenvalue weighted by atomic mass is 35.5. The normalized spacial score (nSPS) is 14.5. The molecule has 0 heterocycles. The molecule has 5 nitrogen and oxygen atoms in total. The third-order valence-corrected chi connectivity index (χ3v) is 5.46. The van der Waals surface area contributed by atoms with Crippen molar-refractivity contribution in [1.82, 2.24) is 5.32 Å². The first kappa shape index (κ1) is 18.7. The summed E-state index contributed by atoms with van der Waals surface area (Å²) >= 11 is 12.1. The van der Waals surface area contributed by atoms with Gasteiger partial charge in [0.1, 0.15) is 0 Å². The van der Waals surface area contributed by atoms with Gasteiger partial charge < -0.3 is 20.1 Å². The molecular formula is C19H20Cl2N2O3. The van der Waals surface area contributed by atoms with Gasteiger partial charge in [0, 0.05) is 12.0 Å². The fraction of sp³-hybridized carbons (Fsp3) is 0.316. The molecule has 2 aromatic rings. The number of ether oxygens (including phenoxy) is 2. The second kappa shape index (κ2) is 7.64. The number of hydrogen-bond acceptors (Lipinski definition) is 3. The van der Waals surface area contributed by atoms with Crippen LogP contribution in [-0.2, 0) is 5.41 Å². The van der Waals surface area contributed by atoms with Gasteiger partial charge in [-0.2, -0.15) is 0 Å². The predicted octanol–water partition coefficient (Wildman–Crippen LogP) is 4.86. The summed E-state index contributed by atoms with van der Waals surface area (Å²) in [6.07, 6.45) is 2.00. The lowest BCUT2D eigenvalue weighted by Crippen LogP contribution is -2.35. The minimum Gasteiger partial charge on any atom is -0.493 e. The number of urea groups is 1. The van der Waals surface area contributed by atoms with Crippen molar-refractivity contribution in [2.45, 2.75) is 18.3 Å². The predicted molar refractivity (Wildman–Crippen MR) is 104 cm³/mol. The van der Waals surface area contributed by atoms with E-state index in [0.29, 0.717) is 33.8 Å². The number of carbonyl (C=O) groups excluding carboxylic acids is 1. The summed E-state index contributed by atoms with van der Waals surface area (Å²) in [5.41, 5.74) is 1.53. The third kappa shape index (κ3) is 3.84. The number of nitrogens with one attached hydrogen (secondary N) is 2. The van der Waals surface area contributed by atoms with Crippen molar-refractivity contribution < 1.29 is 14.3 Å². The zero-order valence-electron chi connectivity index (χ0n) is 14.6. The molecule has 0 atom stereocenters. The first-order valence-corrected chi connectivity index (χ1v) is 8.96. The lowest BCUT2D eigenvalue weighted by Gasteiger charge is -2.19. The molecule has 0 radical (unpaired) electrons. The van der Waals surface area contributed by atoms with Crippen molar-refractivity contribution in [2.24, 2.45) is 0 Å². The molecule has 1 fully saturated rings. The Labute approximate surface area is 162 Å². The Bertz CT molecular complexity index is 822. The van der Waals surface area contributed by atoms with Crippen LogP contribution in [-0.4, -0.2) is 26.8 Å². The molecule has 0 bridgehead atoms. The largest absolute Gasteiger partial charge is 0.493 e. The van der Waals surface area contributed by atoms with Crippen LogP contribution in [0.4, 0.5) is 10.5 Å². The van der Waals surface area contributed by atoms with Crippen LogP contribution in [0, 0.1) is 0 Å². The highest BCUT2D eigenvalue weighted by Gasteiger charge is 2.44. The summed E-state index contributed by atoms with van der Waals surface area (Å²) in [5, 5.41) is 6.37. The topological polar surface area (TPSA) is 59.6 Å². The summed E-state index contributed by atoms with van der Waals surface area (Å²) < 4.78 is 10.7. The van der Waals surface area contributed by atoms with Crippen molar-refractivity contribution in [2.75, 3.05) is 26.1 Å². The molecule has 0 aromatic heterocycles. The van der Waals surface area contributed by atoms with E-state index in [4.69, 9.17) is 32.7 Å². The van der Waals surface area contributed by atoms with E-state index in [2.05, 4.69) is 10.6 Å². The van der Waals surface area contributed by atoms with E-state index >= 15 is 0 Å². The van der Waals surface area contributed by atoms with E-state index in [-0.39, 0.29) is 11.4 Å². The van der Waals surface area contributed by atoms with Gasteiger partial charge in [-0.25, -0.2) is 4.79 Å². The molecule has 1 aliphatic carbocycles. The van der Waals surface area contributed by atoms with Gasteiger partial charge in [-0.05, 0) is 42.7 Å². The first-order chi connectivity index (χ1) is 12.5. The van der Waals surface area contributed by atoms with Crippen LogP contribution in [0.1, 0.15) is 18.4 Å². The van der Waals surface area contributed by atoms with Crippen molar-refractivity contribution in [3.63, 3.8) is 0 Å². The zero-order chi connectivity index (χ0) is 18.7. The maximum absolute atomic E-state index is 12.2. The zero-order valence-corrected chi connectivity index (χ0v) is 16.1. The molecule has 7 heteroatoms. The molecule has 0 saturated heterocycles. The number of hydrogen-bond donors (Lipinski definition) is 2. The Kier molecular flexibility index (Phi) is 5.49. The molecule has 138 valence electrons. The smallest absolute Gasteiger partial charge is 0.319 e. The van der Waals surface area contributed by atoms with Crippen LogP contribution < -0.4 is 20.1 Å². The van der Waals surface area contributed by atoms with Crippen molar-refractivity contribution >= 4 is 34.9 Å². The molecular weight excluding hydrogens is 375 g/mol. The van der Waals surface area contributed by atoms with Crippen LogP contribution in [0.25, 0.3) is 0 Å². The van der Waals surface area contributed by atoms with E-state index in [0.717, 1.165) is 18.4 Å². The molecule has 0 spiro atoms. The summed E-state index contributed by atoms with van der Waals surface area (Å²) in [4.78, 5) is 12.2. The van der Waals surface area contributed by atoms with E-state index < -0.39 is 0 Å². The van der Waals surface area contributed by atoms with E-state index in [1.807, 2.05) is 18.2 Å². The highest BCUT2D eigenvalue weighted by molar-refractivity contribution is 6.43. The Morgan fingerprint density at radius 3 is 2.50 bits per heavy atom. The quantitative estimate of drug-likeness (QED) is 0.734. The number of benzene rings is 2. The summed E-state index contributed by atoms with van der Waals surface area (Å²) in [7, 11) is 3.22. The minimum absolute atomic E-state index is 0.0744. The maximum atomic E-state index is 12.2. The number of methoxy groups -OCH3 is 2. The van der Waals surface area contributed by atoms with Gasteiger partial charge in [-0.3, -0.25) is 0 Å². The van der Waals surface area contributed by atoms with Gasteiger partial charge in [0.05, 0.1) is 30.0 Å². The molecule has 0 aliphatic heterocycles. The SMILES string of the molecule is COc1ccc(C2(CNC(=O)Nc3cccc(Cl)c3Cl)CC2)cc1OC. The molecule has 1 saturated carbocycles. The molecule has 2 N–H and O–H groups in total. The second-order valence-corrected chi connectivity index (χ2v) is 7.04. The van der Waals surface area contributed by atoms with Crippen LogP contribution in [0.3, 0.4) is 0 Å². The number of anilines is 1. The summed E-state index contributed by atoms with van der Waals surface area (Å²) in [6.45, 7) is 0.520. The Balaban J connectivity index is 1.65. The van der Waals surface area contributed by atoms with Crippen LogP contribution in [0.2, 0.25) is 10.0 Å². The molecule has 2 amide bonds. The highest BCUT2D eigenvalue weighted by Crippen LogP contribution is 2.49. The summed E-state index contributed by atoms with van der Waals surface area (Å²) in [5.74, 6) is 1.37. The van der Waals surface area contributed by atoms with Crippen molar-refractivity contribution in [3.05, 3.63) is 52.0 Å². The van der Waals surface area contributed by atoms with Gasteiger partial charge in [0.25, 0.3) is 0 Å². The standard InChI is InChI=1S/C19H20Cl2N2O3/c1-25-15-7-6-12(10-16(15)26-2)19(8-9-19)11-22-18(24)23-14-5-3-4-13(20)17(14)21/h3-7,10H,8-9,11H2,1-2H3,(H2,22,23,24). The Morgan fingerprint density at radius 1 is 1.12 bits per heavy atom. The van der Waals surface area contributed by atoms with Gasteiger partial charge in [0.15, 0.2) is 11.5 Å². The minimum atomic E-state index is -0.319. The van der Waals surface area contributed by atoms with Crippen LogP contribution >= 0.6 is 23.2 Å². The lowest BCUT2D eigenvalue weighted by molar-refractivity contribution is 0.251. The van der Waals surface area contributed by atoms with Crippen LogP contribution in [0.5, 0.6) is 11.5 Å². The van der Waals surface area contributed by atoms with Crippen LogP contribution in [0.15, 0.2) is 36.4 Å². The first-order valence-electron chi connectivity index (χ1n) is 8.20. The van der Waals surface area contributed by atoms with E-state index in [1.54, 1.807) is 32.4 Å². The molecule has 3 rings (SSSR count).